The number of hydrogen-bond donors (Lipinski definition) is 0. The average molecular weight is 264 g/mol. The molecular weight excluding hydrogens is 244 g/mol. The SMILES string of the molecule is CN1CCN(c2nncc(N3CCOCC3)n2)CC1. The molecule has 2 aliphatic rings. The first-order valence-corrected chi connectivity index (χ1v) is 6.79. The van der Waals surface area contributed by atoms with Crippen LogP contribution < -0.4 is 9.80 Å². The summed E-state index contributed by atoms with van der Waals surface area (Å²) in [6, 6.07) is 0. The predicted octanol–water partition coefficient (Wildman–Crippen LogP) is -0.540. The van der Waals surface area contributed by atoms with E-state index in [9.17, 15) is 0 Å². The van der Waals surface area contributed by atoms with Crippen LogP contribution in [-0.2, 0) is 4.74 Å². The van der Waals surface area contributed by atoms with Crippen LogP contribution in [0.5, 0.6) is 0 Å². The van der Waals surface area contributed by atoms with Gasteiger partial charge in [-0.3, -0.25) is 0 Å². The summed E-state index contributed by atoms with van der Waals surface area (Å²) in [4.78, 5) is 11.4. The van der Waals surface area contributed by atoms with Gasteiger partial charge in [-0.15, -0.1) is 5.10 Å². The molecule has 3 heterocycles. The fraction of sp³-hybridized carbons (Fsp3) is 0.750. The average Bonchev–Trinajstić information content (AvgIpc) is 2.49. The number of nitrogens with zero attached hydrogens (tertiary/aromatic N) is 6. The second-order valence-corrected chi connectivity index (χ2v) is 5.00. The third-order valence-corrected chi connectivity index (χ3v) is 3.66. The summed E-state index contributed by atoms with van der Waals surface area (Å²) in [7, 11) is 2.14. The van der Waals surface area contributed by atoms with Crippen LogP contribution >= 0.6 is 0 Å². The third kappa shape index (κ3) is 2.93. The molecule has 2 fully saturated rings. The van der Waals surface area contributed by atoms with Crippen molar-refractivity contribution in [3.05, 3.63) is 6.20 Å². The minimum Gasteiger partial charge on any atom is -0.378 e. The van der Waals surface area contributed by atoms with Gasteiger partial charge < -0.3 is 19.4 Å². The molecule has 0 N–H and O–H groups in total. The number of piperazine rings is 1. The number of hydrogen-bond acceptors (Lipinski definition) is 7. The molecule has 19 heavy (non-hydrogen) atoms. The molecule has 0 aromatic carbocycles. The van der Waals surface area contributed by atoms with Crippen molar-refractivity contribution in [1.82, 2.24) is 20.1 Å². The van der Waals surface area contributed by atoms with Gasteiger partial charge in [0.2, 0.25) is 5.95 Å². The molecular formula is C12H20N6O. The normalized spacial score (nSPS) is 21.7. The van der Waals surface area contributed by atoms with Crippen LogP contribution in [0, 0.1) is 0 Å². The molecule has 0 atom stereocenters. The minimum absolute atomic E-state index is 0.747. The number of aromatic nitrogens is 3. The van der Waals surface area contributed by atoms with Crippen LogP contribution in [0.25, 0.3) is 0 Å². The minimum atomic E-state index is 0.747. The van der Waals surface area contributed by atoms with Crippen molar-refractivity contribution >= 4 is 11.8 Å². The first-order chi connectivity index (χ1) is 9.33. The van der Waals surface area contributed by atoms with Gasteiger partial charge in [0.25, 0.3) is 0 Å². The first kappa shape index (κ1) is 12.6. The number of likely N-dealkylation sites (N-methyl/N-ethyl adjacent to an activating group) is 1. The number of morpholine rings is 1. The molecule has 0 radical (unpaired) electrons. The molecule has 2 aliphatic heterocycles. The lowest BCUT2D eigenvalue weighted by atomic mass is 10.3. The molecule has 0 saturated carbocycles. The second-order valence-electron chi connectivity index (χ2n) is 5.00. The molecule has 0 bridgehead atoms. The Bertz CT molecular complexity index is 414. The molecule has 2 saturated heterocycles. The third-order valence-electron chi connectivity index (χ3n) is 3.66. The Morgan fingerprint density at radius 2 is 1.74 bits per heavy atom. The van der Waals surface area contributed by atoms with E-state index in [2.05, 4.69) is 36.9 Å². The molecule has 0 aliphatic carbocycles. The van der Waals surface area contributed by atoms with Crippen LogP contribution in [0.2, 0.25) is 0 Å². The molecule has 1 aromatic rings. The standard InChI is InChI=1S/C12H20N6O/c1-16-2-4-18(5-3-16)12-14-11(10-13-15-12)17-6-8-19-9-7-17/h10H,2-9H2,1H3. The monoisotopic (exact) mass is 264 g/mol. The predicted molar refractivity (Wildman–Crippen MR) is 72.6 cm³/mol. The molecule has 0 amide bonds. The summed E-state index contributed by atoms with van der Waals surface area (Å²) >= 11 is 0. The highest BCUT2D eigenvalue weighted by Crippen LogP contribution is 2.15. The van der Waals surface area contributed by atoms with Crippen molar-refractivity contribution in [3.63, 3.8) is 0 Å². The maximum absolute atomic E-state index is 5.36. The van der Waals surface area contributed by atoms with E-state index < -0.39 is 0 Å². The van der Waals surface area contributed by atoms with E-state index in [1.54, 1.807) is 6.20 Å². The van der Waals surface area contributed by atoms with Crippen LogP contribution in [0.4, 0.5) is 11.8 Å². The summed E-state index contributed by atoms with van der Waals surface area (Å²) in [6.45, 7) is 7.29. The molecule has 7 nitrogen and oxygen atoms in total. The lowest BCUT2D eigenvalue weighted by Crippen LogP contribution is -2.45. The van der Waals surface area contributed by atoms with Crippen molar-refractivity contribution in [3.8, 4) is 0 Å². The summed E-state index contributed by atoms with van der Waals surface area (Å²) in [5.74, 6) is 1.66. The summed E-state index contributed by atoms with van der Waals surface area (Å²) in [5.41, 5.74) is 0. The Hall–Kier alpha value is -1.47. The number of rotatable bonds is 2. The highest BCUT2D eigenvalue weighted by Gasteiger charge is 2.19. The highest BCUT2D eigenvalue weighted by atomic mass is 16.5. The van der Waals surface area contributed by atoms with E-state index >= 15 is 0 Å². The van der Waals surface area contributed by atoms with E-state index in [-0.39, 0.29) is 0 Å². The van der Waals surface area contributed by atoms with Crippen molar-refractivity contribution < 1.29 is 4.74 Å². The van der Waals surface area contributed by atoms with Gasteiger partial charge in [-0.25, -0.2) is 0 Å². The molecule has 0 spiro atoms. The largest absolute Gasteiger partial charge is 0.378 e. The quantitative estimate of drug-likeness (QED) is 0.711. The van der Waals surface area contributed by atoms with Crippen LogP contribution in [0.15, 0.2) is 6.20 Å². The summed E-state index contributed by atoms with van der Waals surface area (Å²) in [5, 5.41) is 8.28. The smallest absolute Gasteiger partial charge is 0.247 e. The Morgan fingerprint density at radius 1 is 1.00 bits per heavy atom. The van der Waals surface area contributed by atoms with Gasteiger partial charge in [-0.05, 0) is 7.05 Å². The maximum atomic E-state index is 5.36. The fourth-order valence-electron chi connectivity index (χ4n) is 2.37. The fourth-order valence-corrected chi connectivity index (χ4v) is 2.37. The summed E-state index contributed by atoms with van der Waals surface area (Å²) in [6.07, 6.45) is 1.74. The Morgan fingerprint density at radius 3 is 2.47 bits per heavy atom. The second kappa shape index (κ2) is 5.66. The van der Waals surface area contributed by atoms with Crippen LogP contribution in [0.3, 0.4) is 0 Å². The van der Waals surface area contributed by atoms with Crippen molar-refractivity contribution in [2.45, 2.75) is 0 Å². The van der Waals surface area contributed by atoms with Crippen molar-refractivity contribution in [1.29, 1.82) is 0 Å². The van der Waals surface area contributed by atoms with Crippen LogP contribution in [0.1, 0.15) is 0 Å². The van der Waals surface area contributed by atoms with Gasteiger partial charge in [-0.1, -0.05) is 0 Å². The Balaban J connectivity index is 1.72. The first-order valence-electron chi connectivity index (χ1n) is 6.79. The molecule has 7 heteroatoms. The molecule has 104 valence electrons. The zero-order valence-corrected chi connectivity index (χ0v) is 11.3. The number of ether oxygens (including phenoxy) is 1. The van der Waals surface area contributed by atoms with Gasteiger partial charge in [-0.2, -0.15) is 10.1 Å². The topological polar surface area (TPSA) is 57.6 Å². The van der Waals surface area contributed by atoms with E-state index in [1.165, 1.54) is 0 Å². The zero-order chi connectivity index (χ0) is 13.1. The molecule has 1 aromatic heterocycles. The Labute approximate surface area is 113 Å². The maximum Gasteiger partial charge on any atom is 0.247 e. The summed E-state index contributed by atoms with van der Waals surface area (Å²) < 4.78 is 5.36. The number of anilines is 2. The van der Waals surface area contributed by atoms with Crippen molar-refractivity contribution in [2.75, 3.05) is 69.3 Å². The van der Waals surface area contributed by atoms with Crippen LogP contribution in [-0.4, -0.2) is 79.6 Å². The Kier molecular flexibility index (Phi) is 3.74. The zero-order valence-electron chi connectivity index (χ0n) is 11.3. The van der Waals surface area contributed by atoms with Gasteiger partial charge in [0, 0.05) is 39.3 Å². The van der Waals surface area contributed by atoms with E-state index in [1.807, 2.05) is 0 Å². The lowest BCUT2D eigenvalue weighted by molar-refractivity contribution is 0.122. The highest BCUT2D eigenvalue weighted by molar-refractivity contribution is 5.42. The van der Waals surface area contributed by atoms with E-state index in [0.29, 0.717) is 0 Å². The van der Waals surface area contributed by atoms with Gasteiger partial charge >= 0.3 is 0 Å². The van der Waals surface area contributed by atoms with Gasteiger partial charge in [0.05, 0.1) is 19.4 Å². The van der Waals surface area contributed by atoms with Gasteiger partial charge in [0.15, 0.2) is 5.82 Å². The van der Waals surface area contributed by atoms with E-state index in [4.69, 9.17) is 4.74 Å². The molecule has 0 unspecified atom stereocenters. The van der Waals surface area contributed by atoms with E-state index in [0.717, 1.165) is 64.2 Å². The lowest BCUT2D eigenvalue weighted by Gasteiger charge is -2.33. The van der Waals surface area contributed by atoms with Gasteiger partial charge in [0.1, 0.15) is 0 Å². The van der Waals surface area contributed by atoms with Crippen molar-refractivity contribution in [2.24, 2.45) is 0 Å². The molecule has 3 rings (SSSR count).